The average molecular weight is 258 g/mol. The van der Waals surface area contributed by atoms with Gasteiger partial charge in [0.1, 0.15) is 10.1 Å². The first kappa shape index (κ1) is 14.7. The van der Waals surface area contributed by atoms with E-state index in [4.69, 9.17) is 0 Å². The van der Waals surface area contributed by atoms with Gasteiger partial charge in [0.15, 0.2) is 0 Å². The van der Waals surface area contributed by atoms with Crippen molar-refractivity contribution in [2.45, 2.75) is 18.2 Å². The summed E-state index contributed by atoms with van der Waals surface area (Å²) in [6.07, 6.45) is 0.526. The van der Waals surface area contributed by atoms with Gasteiger partial charge in [0.05, 0.1) is 4.90 Å². The number of benzene rings is 2. The maximum absolute atomic E-state index is 11.1. The van der Waals surface area contributed by atoms with E-state index in [0.29, 0.717) is 12.0 Å². The van der Waals surface area contributed by atoms with Crippen LogP contribution in [0.25, 0.3) is 10.8 Å². The first-order valence-corrected chi connectivity index (χ1v) is 6.41. The van der Waals surface area contributed by atoms with Crippen molar-refractivity contribution in [3.63, 3.8) is 0 Å². The van der Waals surface area contributed by atoms with E-state index in [2.05, 4.69) is 0 Å². The van der Waals surface area contributed by atoms with Crippen molar-refractivity contribution in [1.82, 2.24) is 0 Å². The summed E-state index contributed by atoms with van der Waals surface area (Å²) in [5.41, 5.74) is 0.605. The van der Waals surface area contributed by atoms with E-state index in [-0.39, 0.29) is 34.5 Å². The van der Waals surface area contributed by atoms with Crippen LogP contribution in [-0.4, -0.2) is 13.0 Å². The molecule has 0 heterocycles. The summed E-state index contributed by atoms with van der Waals surface area (Å²) in [5.74, 6) is 0. The summed E-state index contributed by atoms with van der Waals surface area (Å²) in [5, 5.41) is 1.79. The molecule has 2 aromatic carbocycles. The minimum atomic E-state index is -4.39. The zero-order valence-corrected chi connectivity index (χ0v) is 12.6. The summed E-state index contributed by atoms with van der Waals surface area (Å²) < 4.78 is 33.3. The van der Waals surface area contributed by atoms with Gasteiger partial charge in [-0.2, -0.15) is 0 Å². The van der Waals surface area contributed by atoms with Crippen LogP contribution >= 0.6 is 0 Å². The molecule has 17 heavy (non-hydrogen) atoms. The molecule has 0 amide bonds. The van der Waals surface area contributed by atoms with E-state index in [1.54, 1.807) is 6.07 Å². The molecular formula is C12H11NaO3S. The monoisotopic (exact) mass is 258 g/mol. The van der Waals surface area contributed by atoms with Crippen LogP contribution in [0, 0.1) is 0 Å². The smallest absolute Gasteiger partial charge is 0.744 e. The van der Waals surface area contributed by atoms with E-state index in [0.717, 1.165) is 10.8 Å². The van der Waals surface area contributed by atoms with Gasteiger partial charge in [-0.25, -0.2) is 8.42 Å². The summed E-state index contributed by atoms with van der Waals surface area (Å²) in [4.78, 5) is -0.103. The molecule has 0 aliphatic heterocycles. The molecule has 0 radical (unpaired) electrons. The zero-order chi connectivity index (χ0) is 11.8. The number of aryl methyl sites for hydroxylation is 1. The van der Waals surface area contributed by atoms with E-state index >= 15 is 0 Å². The Bertz CT molecular complexity index is 635. The number of hydrogen-bond acceptors (Lipinski definition) is 3. The van der Waals surface area contributed by atoms with Crippen molar-refractivity contribution in [3.05, 3.63) is 42.0 Å². The topological polar surface area (TPSA) is 57.2 Å². The first-order chi connectivity index (χ1) is 7.54. The molecule has 0 aromatic heterocycles. The zero-order valence-electron chi connectivity index (χ0n) is 9.80. The van der Waals surface area contributed by atoms with Crippen LogP contribution in [0.4, 0.5) is 0 Å². The molecule has 0 aliphatic rings. The van der Waals surface area contributed by atoms with Crippen molar-refractivity contribution in [3.8, 4) is 0 Å². The van der Waals surface area contributed by atoms with Crippen molar-refractivity contribution in [2.75, 3.05) is 0 Å². The Morgan fingerprint density at radius 1 is 1.12 bits per heavy atom. The van der Waals surface area contributed by atoms with Gasteiger partial charge >= 0.3 is 29.6 Å². The van der Waals surface area contributed by atoms with E-state index < -0.39 is 10.1 Å². The molecule has 0 spiro atoms. The average Bonchev–Trinajstić information content (AvgIpc) is 2.26. The van der Waals surface area contributed by atoms with Crippen LogP contribution in [0.5, 0.6) is 0 Å². The van der Waals surface area contributed by atoms with Gasteiger partial charge in [-0.1, -0.05) is 37.3 Å². The Kier molecular flexibility index (Phi) is 4.75. The van der Waals surface area contributed by atoms with Gasteiger partial charge in [-0.15, -0.1) is 0 Å². The molecule has 0 saturated heterocycles. The van der Waals surface area contributed by atoms with Crippen molar-refractivity contribution in [1.29, 1.82) is 0 Å². The number of rotatable bonds is 2. The molecule has 0 fully saturated rings. The van der Waals surface area contributed by atoms with Crippen molar-refractivity contribution >= 4 is 20.9 Å². The quantitative estimate of drug-likeness (QED) is 0.529. The maximum Gasteiger partial charge on any atom is 1.00 e. The van der Waals surface area contributed by atoms with Gasteiger partial charge in [-0.3, -0.25) is 0 Å². The molecule has 84 valence electrons. The number of fused-ring (bicyclic) bond motifs is 1. The molecule has 0 unspecified atom stereocenters. The number of hydrogen-bond donors (Lipinski definition) is 0. The van der Waals surface area contributed by atoms with Crippen molar-refractivity contribution < 1.29 is 42.5 Å². The third-order valence-corrected chi connectivity index (χ3v) is 3.54. The fourth-order valence-corrected chi connectivity index (χ4v) is 2.71. The Balaban J connectivity index is 0.00000144. The second-order valence-electron chi connectivity index (χ2n) is 3.57. The van der Waals surface area contributed by atoms with Crippen LogP contribution in [0.2, 0.25) is 0 Å². The first-order valence-electron chi connectivity index (χ1n) is 5.00. The molecule has 2 rings (SSSR count). The van der Waals surface area contributed by atoms with Gasteiger partial charge in [0.2, 0.25) is 0 Å². The Morgan fingerprint density at radius 3 is 2.35 bits per heavy atom. The summed E-state index contributed by atoms with van der Waals surface area (Å²) >= 11 is 0. The van der Waals surface area contributed by atoms with Crippen LogP contribution in [0.3, 0.4) is 0 Å². The molecule has 0 atom stereocenters. The van der Waals surface area contributed by atoms with Gasteiger partial charge in [-0.05, 0) is 28.8 Å². The van der Waals surface area contributed by atoms with Gasteiger partial charge in [0.25, 0.3) is 0 Å². The molecule has 0 aliphatic carbocycles. The third kappa shape index (κ3) is 2.89. The Hall–Kier alpha value is -0.390. The maximum atomic E-state index is 11.1. The third-order valence-electron chi connectivity index (χ3n) is 2.62. The minimum Gasteiger partial charge on any atom is -0.744 e. The summed E-state index contributed by atoms with van der Waals surface area (Å²) in [7, 11) is -4.39. The van der Waals surface area contributed by atoms with Crippen LogP contribution in [0.15, 0.2) is 41.3 Å². The normalized spacial score (nSPS) is 11.2. The molecule has 0 saturated carbocycles. The SMILES string of the molecule is CCc1c(S(=O)(=O)[O-])ccc2ccccc12.[Na+]. The molecule has 5 heteroatoms. The largest absolute Gasteiger partial charge is 1.00 e. The fraction of sp³-hybridized carbons (Fsp3) is 0.167. The van der Waals surface area contributed by atoms with E-state index in [9.17, 15) is 13.0 Å². The van der Waals surface area contributed by atoms with Gasteiger partial charge in [0, 0.05) is 0 Å². The van der Waals surface area contributed by atoms with E-state index in [1.807, 2.05) is 31.2 Å². The van der Waals surface area contributed by atoms with E-state index in [1.165, 1.54) is 6.07 Å². The minimum absolute atomic E-state index is 0. The van der Waals surface area contributed by atoms with Crippen LogP contribution in [-0.2, 0) is 16.5 Å². The van der Waals surface area contributed by atoms with Crippen LogP contribution in [0.1, 0.15) is 12.5 Å². The Labute approximate surface area is 123 Å². The predicted molar refractivity (Wildman–Crippen MR) is 61.3 cm³/mol. The molecule has 3 nitrogen and oxygen atoms in total. The second-order valence-corrected chi connectivity index (χ2v) is 4.92. The van der Waals surface area contributed by atoms with Gasteiger partial charge < -0.3 is 4.55 Å². The fourth-order valence-electron chi connectivity index (χ4n) is 1.91. The Morgan fingerprint density at radius 2 is 1.76 bits per heavy atom. The van der Waals surface area contributed by atoms with Crippen LogP contribution < -0.4 is 29.6 Å². The summed E-state index contributed by atoms with van der Waals surface area (Å²) in [6, 6.07) is 10.5. The predicted octanol–water partition coefficient (Wildman–Crippen LogP) is -0.690. The molecular weight excluding hydrogens is 247 g/mol. The molecule has 0 N–H and O–H groups in total. The second kappa shape index (κ2) is 5.50. The summed E-state index contributed by atoms with van der Waals surface area (Å²) in [6.45, 7) is 1.84. The molecule has 2 aromatic rings. The standard InChI is InChI=1S/C12H12O3S.Na/c1-2-10-11-6-4-3-5-9(11)7-8-12(10)16(13,14)15;/h3-8H,2H2,1H3,(H,13,14,15);/q;+1/p-1. The van der Waals surface area contributed by atoms with Crippen molar-refractivity contribution in [2.24, 2.45) is 0 Å². The molecule has 0 bridgehead atoms.